The largest absolute Gasteiger partial charge is 0.381 e. The zero-order valence-electron chi connectivity index (χ0n) is 8.80. The molecule has 2 saturated heterocycles. The first kappa shape index (κ1) is 9.54. The van der Waals surface area contributed by atoms with Crippen LogP contribution in [0.5, 0.6) is 0 Å². The van der Waals surface area contributed by atoms with Gasteiger partial charge in [-0.3, -0.25) is 0 Å². The van der Waals surface area contributed by atoms with Crippen LogP contribution in [0.25, 0.3) is 0 Å². The van der Waals surface area contributed by atoms with Gasteiger partial charge in [-0.05, 0) is 25.7 Å². The van der Waals surface area contributed by atoms with Crippen LogP contribution in [0.3, 0.4) is 0 Å². The zero-order valence-corrected chi connectivity index (χ0v) is 9.61. The predicted molar refractivity (Wildman–Crippen MR) is 59.2 cm³/mol. The van der Waals surface area contributed by atoms with Gasteiger partial charge in [0.15, 0.2) is 0 Å². The number of hydrogen-bond acceptors (Lipinski definition) is 5. The third-order valence-electron chi connectivity index (χ3n) is 3.59. The summed E-state index contributed by atoms with van der Waals surface area (Å²) in [5, 5.41) is 9.21. The normalized spacial score (nSPS) is 34.7. The van der Waals surface area contributed by atoms with E-state index < -0.39 is 0 Å². The van der Waals surface area contributed by atoms with Gasteiger partial charge in [-0.25, -0.2) is 0 Å². The Bertz CT molecular complexity index is 315. The number of rotatable bonds is 2. The molecule has 0 radical (unpaired) electrons. The molecular weight excluding hydrogens is 210 g/mol. The van der Waals surface area contributed by atoms with Gasteiger partial charge in [0.2, 0.25) is 5.13 Å². The van der Waals surface area contributed by atoms with E-state index in [9.17, 15) is 0 Å². The SMILES string of the molecule is COC1CC2CCC(C1)N2c1nncs1. The fourth-order valence-corrected chi connectivity index (χ4v) is 3.61. The highest BCUT2D eigenvalue weighted by Crippen LogP contribution is 2.40. The van der Waals surface area contributed by atoms with Gasteiger partial charge < -0.3 is 9.64 Å². The van der Waals surface area contributed by atoms with Crippen molar-refractivity contribution in [2.24, 2.45) is 0 Å². The topological polar surface area (TPSA) is 38.2 Å². The summed E-state index contributed by atoms with van der Waals surface area (Å²) in [6.07, 6.45) is 5.31. The fourth-order valence-electron chi connectivity index (χ4n) is 2.91. The lowest BCUT2D eigenvalue weighted by molar-refractivity contribution is 0.0683. The van der Waals surface area contributed by atoms with Gasteiger partial charge in [-0.2, -0.15) is 0 Å². The van der Waals surface area contributed by atoms with Crippen LogP contribution >= 0.6 is 11.3 Å². The van der Waals surface area contributed by atoms with Gasteiger partial charge in [-0.15, -0.1) is 10.2 Å². The molecule has 1 aromatic heterocycles. The highest BCUT2D eigenvalue weighted by molar-refractivity contribution is 7.13. The van der Waals surface area contributed by atoms with Crippen LogP contribution in [0.4, 0.5) is 5.13 Å². The van der Waals surface area contributed by atoms with Gasteiger partial charge in [0.05, 0.1) is 6.10 Å². The van der Waals surface area contributed by atoms with Crippen molar-refractivity contribution in [2.45, 2.75) is 43.9 Å². The first-order valence-corrected chi connectivity index (χ1v) is 6.33. The molecule has 2 unspecified atom stereocenters. The van der Waals surface area contributed by atoms with Gasteiger partial charge in [0, 0.05) is 19.2 Å². The summed E-state index contributed by atoms with van der Waals surface area (Å²) in [5.74, 6) is 0. The summed E-state index contributed by atoms with van der Waals surface area (Å²) < 4.78 is 5.48. The summed E-state index contributed by atoms with van der Waals surface area (Å²) in [7, 11) is 1.82. The Labute approximate surface area is 93.3 Å². The van der Waals surface area contributed by atoms with E-state index in [-0.39, 0.29) is 0 Å². The van der Waals surface area contributed by atoms with E-state index in [0.29, 0.717) is 18.2 Å². The van der Waals surface area contributed by atoms with Crippen LogP contribution in [-0.2, 0) is 4.74 Å². The van der Waals surface area contributed by atoms with Gasteiger partial charge >= 0.3 is 0 Å². The summed E-state index contributed by atoms with van der Waals surface area (Å²) in [5.41, 5.74) is 1.82. The Morgan fingerprint density at radius 3 is 2.67 bits per heavy atom. The number of nitrogens with zero attached hydrogens (tertiary/aromatic N) is 3. The van der Waals surface area contributed by atoms with Gasteiger partial charge in [-0.1, -0.05) is 11.3 Å². The zero-order chi connectivity index (χ0) is 10.3. The molecular formula is C10H15N3OS. The van der Waals surface area contributed by atoms with Crippen molar-refractivity contribution in [3.8, 4) is 0 Å². The summed E-state index contributed by atoms with van der Waals surface area (Å²) >= 11 is 1.65. The Hall–Kier alpha value is -0.680. The summed E-state index contributed by atoms with van der Waals surface area (Å²) in [6, 6.07) is 1.25. The van der Waals surface area contributed by atoms with E-state index in [1.807, 2.05) is 12.6 Å². The van der Waals surface area contributed by atoms with E-state index in [1.165, 1.54) is 12.8 Å². The van der Waals surface area contributed by atoms with Crippen molar-refractivity contribution in [3.05, 3.63) is 5.51 Å². The molecule has 2 bridgehead atoms. The molecule has 0 aromatic carbocycles. The van der Waals surface area contributed by atoms with Crippen LogP contribution in [0.15, 0.2) is 5.51 Å². The molecule has 1 aromatic rings. The van der Waals surface area contributed by atoms with Gasteiger partial charge in [0.1, 0.15) is 5.51 Å². The van der Waals surface area contributed by atoms with Crippen LogP contribution in [0, 0.1) is 0 Å². The first-order chi connectivity index (χ1) is 7.38. The average molecular weight is 225 g/mol. The van der Waals surface area contributed by atoms with Crippen LogP contribution in [0.2, 0.25) is 0 Å². The third kappa shape index (κ3) is 1.54. The molecule has 82 valence electrons. The molecule has 2 aliphatic heterocycles. The Morgan fingerprint density at radius 2 is 2.13 bits per heavy atom. The van der Waals surface area contributed by atoms with Crippen molar-refractivity contribution >= 4 is 16.5 Å². The quantitative estimate of drug-likeness (QED) is 0.767. The van der Waals surface area contributed by atoms with Crippen molar-refractivity contribution in [3.63, 3.8) is 0 Å². The Kier molecular flexibility index (Phi) is 2.36. The highest BCUT2D eigenvalue weighted by Gasteiger charge is 2.41. The van der Waals surface area contributed by atoms with E-state index in [0.717, 1.165) is 18.0 Å². The second-order valence-corrected chi connectivity index (χ2v) is 5.15. The number of ether oxygens (including phenoxy) is 1. The van der Waals surface area contributed by atoms with E-state index in [2.05, 4.69) is 15.1 Å². The van der Waals surface area contributed by atoms with Crippen molar-refractivity contribution in [2.75, 3.05) is 12.0 Å². The maximum atomic E-state index is 5.48. The monoisotopic (exact) mass is 225 g/mol. The molecule has 15 heavy (non-hydrogen) atoms. The highest BCUT2D eigenvalue weighted by atomic mass is 32.1. The van der Waals surface area contributed by atoms with Crippen molar-refractivity contribution in [1.29, 1.82) is 0 Å². The molecule has 0 N–H and O–H groups in total. The van der Waals surface area contributed by atoms with Crippen LogP contribution in [0.1, 0.15) is 25.7 Å². The lowest BCUT2D eigenvalue weighted by Gasteiger charge is -2.37. The smallest absolute Gasteiger partial charge is 0.208 e. The second kappa shape index (κ2) is 3.72. The number of aromatic nitrogens is 2. The molecule has 4 nitrogen and oxygen atoms in total. The molecule has 2 fully saturated rings. The average Bonchev–Trinajstić information content (AvgIpc) is 2.84. The van der Waals surface area contributed by atoms with E-state index in [4.69, 9.17) is 4.74 Å². The number of anilines is 1. The Balaban J connectivity index is 1.83. The number of piperidine rings is 1. The molecule has 0 amide bonds. The summed E-state index contributed by atoms with van der Waals surface area (Å²) in [6.45, 7) is 0. The molecule has 0 aliphatic carbocycles. The minimum absolute atomic E-state index is 0.451. The first-order valence-electron chi connectivity index (χ1n) is 5.46. The number of fused-ring (bicyclic) bond motifs is 2. The molecule has 3 heterocycles. The van der Waals surface area contributed by atoms with Crippen molar-refractivity contribution in [1.82, 2.24) is 10.2 Å². The molecule has 2 atom stereocenters. The van der Waals surface area contributed by atoms with E-state index in [1.54, 1.807) is 11.3 Å². The third-order valence-corrected chi connectivity index (χ3v) is 4.30. The van der Waals surface area contributed by atoms with Gasteiger partial charge in [0.25, 0.3) is 0 Å². The fraction of sp³-hybridized carbons (Fsp3) is 0.800. The van der Waals surface area contributed by atoms with Crippen molar-refractivity contribution < 1.29 is 4.74 Å². The predicted octanol–water partition coefficient (Wildman–Crippen LogP) is 1.68. The molecule has 0 spiro atoms. The Morgan fingerprint density at radius 1 is 1.40 bits per heavy atom. The standard InChI is InChI=1S/C10H15N3OS/c1-14-9-4-7-2-3-8(5-9)13(7)10-12-11-6-15-10/h6-9H,2-5H2,1H3. The minimum Gasteiger partial charge on any atom is -0.381 e. The minimum atomic E-state index is 0.451. The second-order valence-electron chi connectivity index (χ2n) is 4.34. The number of methoxy groups -OCH3 is 1. The van der Waals surface area contributed by atoms with Crippen LogP contribution in [-0.4, -0.2) is 35.5 Å². The summed E-state index contributed by atoms with van der Waals surface area (Å²) in [4.78, 5) is 2.47. The van der Waals surface area contributed by atoms with E-state index >= 15 is 0 Å². The molecule has 0 saturated carbocycles. The lowest BCUT2D eigenvalue weighted by atomic mass is 10.0. The lowest BCUT2D eigenvalue weighted by Crippen LogP contribution is -2.45. The number of hydrogen-bond donors (Lipinski definition) is 0. The maximum Gasteiger partial charge on any atom is 0.208 e. The molecule has 2 aliphatic rings. The molecule has 3 rings (SSSR count). The van der Waals surface area contributed by atoms with Crippen LogP contribution < -0.4 is 4.90 Å². The maximum absolute atomic E-state index is 5.48. The molecule has 5 heteroatoms.